The van der Waals surface area contributed by atoms with Gasteiger partial charge in [-0.1, -0.05) is 55.0 Å². The Morgan fingerprint density at radius 3 is 2.78 bits per heavy atom. The number of nitrogens with one attached hydrogen (secondary N) is 2. The number of hydrogen-bond donors (Lipinski definition) is 2. The molecule has 3 rings (SSSR count). The van der Waals surface area contributed by atoms with Crippen LogP contribution in [0.1, 0.15) is 45.1 Å². The Hall–Kier alpha value is -1.67. The lowest BCUT2D eigenvalue weighted by Gasteiger charge is -2.30. The van der Waals surface area contributed by atoms with Gasteiger partial charge in [0.05, 0.1) is 5.25 Å². The summed E-state index contributed by atoms with van der Waals surface area (Å²) in [6, 6.07) is 6.63. The molecule has 27 heavy (non-hydrogen) atoms. The van der Waals surface area contributed by atoms with E-state index in [1.807, 2.05) is 6.92 Å². The van der Waals surface area contributed by atoms with Crippen molar-refractivity contribution in [3.05, 3.63) is 35.6 Å². The highest BCUT2D eigenvalue weighted by atomic mass is 32.2. The van der Waals surface area contributed by atoms with Crippen LogP contribution in [0.5, 0.6) is 0 Å². The fourth-order valence-corrected chi connectivity index (χ4v) is 5.05. The quantitative estimate of drug-likeness (QED) is 0.662. The minimum absolute atomic E-state index is 0.0646. The predicted octanol–water partition coefficient (Wildman–Crippen LogP) is 4.46. The van der Waals surface area contributed by atoms with Crippen molar-refractivity contribution in [2.45, 2.75) is 61.7 Å². The molecule has 146 valence electrons. The van der Waals surface area contributed by atoms with E-state index in [2.05, 4.69) is 27.8 Å². The van der Waals surface area contributed by atoms with Crippen molar-refractivity contribution in [2.24, 2.45) is 5.92 Å². The van der Waals surface area contributed by atoms with Crippen LogP contribution >= 0.6 is 23.1 Å². The zero-order valence-corrected chi connectivity index (χ0v) is 17.2. The van der Waals surface area contributed by atoms with Gasteiger partial charge in [0.15, 0.2) is 4.34 Å². The average molecular weight is 409 g/mol. The maximum Gasteiger partial charge on any atom is 0.233 e. The highest BCUT2D eigenvalue weighted by Gasteiger charge is 2.25. The number of hydrogen-bond acceptors (Lipinski definition) is 6. The summed E-state index contributed by atoms with van der Waals surface area (Å²) in [4.78, 5) is 12.5. The lowest BCUT2D eigenvalue weighted by atomic mass is 9.86. The number of halogens is 1. The van der Waals surface area contributed by atoms with Gasteiger partial charge in [-0.3, -0.25) is 4.79 Å². The molecule has 1 amide bonds. The number of carbonyl (C=O) groups excluding carboxylic acids is 1. The van der Waals surface area contributed by atoms with Gasteiger partial charge in [0.1, 0.15) is 5.82 Å². The van der Waals surface area contributed by atoms with E-state index in [4.69, 9.17) is 0 Å². The summed E-state index contributed by atoms with van der Waals surface area (Å²) >= 11 is 2.85. The molecule has 2 aromatic rings. The third-order valence-electron chi connectivity index (χ3n) is 4.85. The maximum absolute atomic E-state index is 12.9. The molecule has 1 saturated carbocycles. The Morgan fingerprint density at radius 1 is 1.30 bits per heavy atom. The highest BCUT2D eigenvalue weighted by molar-refractivity contribution is 8.02. The van der Waals surface area contributed by atoms with Crippen LogP contribution in [0.4, 0.5) is 9.52 Å². The van der Waals surface area contributed by atoms with E-state index in [0.29, 0.717) is 17.6 Å². The summed E-state index contributed by atoms with van der Waals surface area (Å²) in [5, 5.41) is 15.1. The lowest BCUT2D eigenvalue weighted by Crippen LogP contribution is -2.44. The van der Waals surface area contributed by atoms with Crippen LogP contribution in [0.15, 0.2) is 28.6 Å². The third-order valence-corrected chi connectivity index (χ3v) is 6.91. The number of benzene rings is 1. The summed E-state index contributed by atoms with van der Waals surface area (Å²) in [7, 11) is 0. The van der Waals surface area contributed by atoms with Gasteiger partial charge in [0, 0.05) is 12.6 Å². The molecule has 0 aliphatic heterocycles. The van der Waals surface area contributed by atoms with Gasteiger partial charge in [0.2, 0.25) is 11.0 Å². The predicted molar refractivity (Wildman–Crippen MR) is 109 cm³/mol. The fourth-order valence-electron chi connectivity index (χ4n) is 3.14. The molecule has 1 aromatic heterocycles. The summed E-state index contributed by atoms with van der Waals surface area (Å²) in [6.45, 7) is 4.67. The van der Waals surface area contributed by atoms with Crippen molar-refractivity contribution in [3.63, 3.8) is 0 Å². The molecule has 8 heteroatoms. The smallest absolute Gasteiger partial charge is 0.233 e. The van der Waals surface area contributed by atoms with Gasteiger partial charge < -0.3 is 10.6 Å². The van der Waals surface area contributed by atoms with Crippen LogP contribution in [0.25, 0.3) is 0 Å². The zero-order chi connectivity index (χ0) is 19.2. The Morgan fingerprint density at radius 2 is 2.04 bits per heavy atom. The standard InChI is InChI=1S/C19H25FN4OS2/c1-12-5-3-4-6-16(12)22-17(25)13(2)26-19-24-23-18(27-19)21-11-14-7-9-15(20)10-8-14/h7-10,12-13,16H,3-6,11H2,1-2H3,(H,21,23)(H,22,25). The molecular weight excluding hydrogens is 383 g/mol. The van der Waals surface area contributed by atoms with Crippen molar-refractivity contribution < 1.29 is 9.18 Å². The average Bonchev–Trinajstić information content (AvgIpc) is 3.10. The number of aromatic nitrogens is 2. The first kappa shape index (κ1) is 20.1. The number of rotatable bonds is 7. The first-order chi connectivity index (χ1) is 13.0. The van der Waals surface area contributed by atoms with Crippen LogP contribution in [-0.2, 0) is 11.3 Å². The van der Waals surface area contributed by atoms with Gasteiger partial charge in [0.25, 0.3) is 0 Å². The third kappa shape index (κ3) is 5.90. The minimum Gasteiger partial charge on any atom is -0.356 e. The summed E-state index contributed by atoms with van der Waals surface area (Å²) in [5.74, 6) is 0.363. The molecule has 1 aliphatic rings. The number of nitrogens with zero attached hydrogens (tertiary/aromatic N) is 2. The molecule has 1 fully saturated rings. The number of amides is 1. The van der Waals surface area contributed by atoms with Crippen molar-refractivity contribution in [2.75, 3.05) is 5.32 Å². The second kappa shape index (κ2) is 9.50. The van der Waals surface area contributed by atoms with E-state index in [1.165, 1.54) is 54.5 Å². The van der Waals surface area contributed by atoms with Crippen LogP contribution < -0.4 is 10.6 Å². The number of thioether (sulfide) groups is 1. The van der Waals surface area contributed by atoms with E-state index < -0.39 is 0 Å². The number of anilines is 1. The lowest BCUT2D eigenvalue weighted by molar-refractivity contribution is -0.121. The Labute approximate surface area is 167 Å². The van der Waals surface area contributed by atoms with E-state index in [9.17, 15) is 9.18 Å². The maximum atomic E-state index is 12.9. The Balaban J connectivity index is 1.47. The van der Waals surface area contributed by atoms with Gasteiger partial charge in [-0.15, -0.1) is 10.2 Å². The molecule has 5 nitrogen and oxygen atoms in total. The number of carbonyl (C=O) groups is 1. The second-order valence-electron chi connectivity index (χ2n) is 6.99. The van der Waals surface area contributed by atoms with Gasteiger partial charge in [-0.25, -0.2) is 4.39 Å². The zero-order valence-electron chi connectivity index (χ0n) is 15.6. The first-order valence-electron chi connectivity index (χ1n) is 9.30. The van der Waals surface area contributed by atoms with Crippen LogP contribution in [0.2, 0.25) is 0 Å². The molecule has 1 aromatic carbocycles. The molecule has 0 saturated heterocycles. The molecule has 0 bridgehead atoms. The van der Waals surface area contributed by atoms with Gasteiger partial charge >= 0.3 is 0 Å². The second-order valence-corrected chi connectivity index (χ2v) is 9.56. The monoisotopic (exact) mass is 408 g/mol. The van der Waals surface area contributed by atoms with Crippen molar-refractivity contribution in [3.8, 4) is 0 Å². The molecule has 1 heterocycles. The Kier molecular flexibility index (Phi) is 7.07. The summed E-state index contributed by atoms with van der Waals surface area (Å²) < 4.78 is 13.7. The van der Waals surface area contributed by atoms with Crippen LogP contribution in [0.3, 0.4) is 0 Å². The first-order valence-corrected chi connectivity index (χ1v) is 11.0. The largest absolute Gasteiger partial charge is 0.356 e. The van der Waals surface area contributed by atoms with Crippen molar-refractivity contribution in [1.29, 1.82) is 0 Å². The van der Waals surface area contributed by atoms with E-state index in [1.54, 1.807) is 12.1 Å². The van der Waals surface area contributed by atoms with Gasteiger partial charge in [-0.05, 0) is 43.4 Å². The van der Waals surface area contributed by atoms with Crippen molar-refractivity contribution >= 4 is 34.1 Å². The molecular formula is C19H25FN4OS2. The molecule has 1 aliphatic carbocycles. The normalized spacial score (nSPS) is 20.9. The minimum atomic E-state index is -0.247. The van der Waals surface area contributed by atoms with E-state index >= 15 is 0 Å². The van der Waals surface area contributed by atoms with E-state index in [-0.39, 0.29) is 23.0 Å². The molecule has 0 spiro atoms. The van der Waals surface area contributed by atoms with Crippen LogP contribution in [0, 0.1) is 11.7 Å². The SMILES string of the molecule is CC(Sc1nnc(NCc2ccc(F)cc2)s1)C(=O)NC1CCCCC1C. The Bertz CT molecular complexity index is 752. The van der Waals surface area contributed by atoms with E-state index in [0.717, 1.165) is 16.3 Å². The topological polar surface area (TPSA) is 66.9 Å². The molecule has 3 atom stereocenters. The molecule has 2 N–H and O–H groups in total. The molecule has 0 radical (unpaired) electrons. The van der Waals surface area contributed by atoms with Crippen molar-refractivity contribution in [1.82, 2.24) is 15.5 Å². The van der Waals surface area contributed by atoms with Gasteiger partial charge in [-0.2, -0.15) is 0 Å². The fraction of sp³-hybridized carbons (Fsp3) is 0.526. The molecule has 3 unspecified atom stereocenters. The van der Waals surface area contributed by atoms with Crippen LogP contribution in [-0.4, -0.2) is 27.4 Å². The highest BCUT2D eigenvalue weighted by Crippen LogP contribution is 2.30. The summed E-state index contributed by atoms with van der Waals surface area (Å²) in [5.41, 5.74) is 0.968. The summed E-state index contributed by atoms with van der Waals surface area (Å²) in [6.07, 6.45) is 4.71.